The van der Waals surface area contributed by atoms with Gasteiger partial charge in [0.25, 0.3) is 0 Å². The van der Waals surface area contributed by atoms with Gasteiger partial charge in [-0.25, -0.2) is 0 Å². The summed E-state index contributed by atoms with van der Waals surface area (Å²) in [6.45, 7) is 0. The Labute approximate surface area is 118 Å². The maximum absolute atomic E-state index is 8.17. The molecule has 5 aromatic rings. The molecular formula is C20H12. The van der Waals surface area contributed by atoms with E-state index in [0.717, 1.165) is 5.39 Å². The zero-order valence-electron chi connectivity index (χ0n) is 11.9. The molecule has 0 nitrogen and oxygen atoms in total. The molecule has 0 saturated carbocycles. The fraction of sp³-hybridized carbons (Fsp3) is 0. The molecule has 20 heavy (non-hydrogen) atoms. The van der Waals surface area contributed by atoms with Crippen LogP contribution in [0.3, 0.4) is 0 Å². The summed E-state index contributed by atoms with van der Waals surface area (Å²) < 4.78 is 8.17. The second-order valence-electron chi connectivity index (χ2n) is 5.36. The third-order valence-corrected chi connectivity index (χ3v) is 4.29. The highest BCUT2D eigenvalue weighted by molar-refractivity contribution is 6.28. The van der Waals surface area contributed by atoms with Gasteiger partial charge in [-0.2, -0.15) is 0 Å². The van der Waals surface area contributed by atoms with Crippen molar-refractivity contribution in [2.24, 2.45) is 0 Å². The van der Waals surface area contributed by atoms with Gasteiger partial charge in [0.1, 0.15) is 0 Å². The van der Waals surface area contributed by atoms with Crippen molar-refractivity contribution in [3.63, 3.8) is 0 Å². The highest BCUT2D eigenvalue weighted by atomic mass is 14.1. The minimum Gasteiger partial charge on any atom is -0.0616 e. The van der Waals surface area contributed by atoms with Gasteiger partial charge in [0.15, 0.2) is 0 Å². The SMILES string of the molecule is [2H]c1ccc2ccc3cc4ccccc4c4ccc1c2c34. The minimum atomic E-state index is 0.602. The predicted molar refractivity (Wildman–Crippen MR) is 87.7 cm³/mol. The van der Waals surface area contributed by atoms with E-state index in [1.54, 1.807) is 0 Å². The summed E-state index contributed by atoms with van der Waals surface area (Å²) in [7, 11) is 0. The number of hydrogen-bond acceptors (Lipinski definition) is 0. The first kappa shape index (κ1) is 9.33. The lowest BCUT2D eigenvalue weighted by Gasteiger charge is -2.12. The first-order chi connectivity index (χ1) is 10.3. The van der Waals surface area contributed by atoms with Crippen LogP contribution in [0.2, 0.25) is 0 Å². The lowest BCUT2D eigenvalue weighted by atomic mass is 9.91. The minimum absolute atomic E-state index is 0.602. The molecule has 0 atom stereocenters. The molecule has 0 aromatic heterocycles. The largest absolute Gasteiger partial charge is 0.0629 e. The molecule has 0 heterocycles. The number of hydrogen-bond donors (Lipinski definition) is 0. The van der Waals surface area contributed by atoms with Gasteiger partial charge < -0.3 is 0 Å². The van der Waals surface area contributed by atoms with E-state index >= 15 is 0 Å². The van der Waals surface area contributed by atoms with Crippen molar-refractivity contribution in [3.05, 3.63) is 72.8 Å². The van der Waals surface area contributed by atoms with E-state index in [9.17, 15) is 0 Å². The summed E-state index contributed by atoms with van der Waals surface area (Å²) in [6, 6.07) is 24.0. The van der Waals surface area contributed by atoms with Gasteiger partial charge in [0.2, 0.25) is 0 Å². The molecule has 0 aliphatic carbocycles. The van der Waals surface area contributed by atoms with Gasteiger partial charge in [0, 0.05) is 0 Å². The molecule has 0 aliphatic rings. The van der Waals surface area contributed by atoms with Crippen molar-refractivity contribution in [2.75, 3.05) is 0 Å². The van der Waals surface area contributed by atoms with Crippen LogP contribution in [0.4, 0.5) is 0 Å². The lowest BCUT2D eigenvalue weighted by molar-refractivity contribution is 1.78. The average Bonchev–Trinajstić information content (AvgIpc) is 2.54. The molecular weight excluding hydrogens is 240 g/mol. The maximum atomic E-state index is 8.17. The maximum Gasteiger partial charge on any atom is 0.0629 e. The summed E-state index contributed by atoms with van der Waals surface area (Å²) in [6.07, 6.45) is 0. The molecule has 92 valence electrons. The number of benzene rings is 5. The lowest BCUT2D eigenvalue weighted by Crippen LogP contribution is -1.85. The zero-order chi connectivity index (χ0) is 14.0. The Morgan fingerprint density at radius 2 is 1.35 bits per heavy atom. The van der Waals surface area contributed by atoms with Crippen molar-refractivity contribution >= 4 is 43.1 Å². The van der Waals surface area contributed by atoms with Gasteiger partial charge in [0.05, 0.1) is 1.37 Å². The van der Waals surface area contributed by atoms with E-state index in [0.29, 0.717) is 6.04 Å². The van der Waals surface area contributed by atoms with Crippen LogP contribution >= 0.6 is 0 Å². The fourth-order valence-electron chi connectivity index (χ4n) is 3.41. The quantitative estimate of drug-likeness (QED) is 0.244. The fourth-order valence-corrected chi connectivity index (χ4v) is 3.41. The van der Waals surface area contributed by atoms with Gasteiger partial charge in [-0.1, -0.05) is 66.7 Å². The van der Waals surface area contributed by atoms with Crippen LogP contribution in [0.1, 0.15) is 1.37 Å². The molecule has 5 rings (SSSR count). The average molecular weight is 253 g/mol. The Bertz CT molecular complexity index is 1140. The molecule has 5 aromatic carbocycles. The third-order valence-electron chi connectivity index (χ3n) is 4.29. The summed E-state index contributed by atoms with van der Waals surface area (Å²) in [5.41, 5.74) is 0. The summed E-state index contributed by atoms with van der Waals surface area (Å²) in [4.78, 5) is 0. The molecule has 0 radical (unpaired) electrons. The van der Waals surface area contributed by atoms with Crippen LogP contribution in [-0.2, 0) is 0 Å². The Morgan fingerprint density at radius 1 is 0.550 bits per heavy atom. The molecule has 0 saturated heterocycles. The molecule has 0 heteroatoms. The van der Waals surface area contributed by atoms with Gasteiger partial charge in [-0.05, 0) is 49.2 Å². The molecule has 0 unspecified atom stereocenters. The van der Waals surface area contributed by atoms with Gasteiger partial charge in [-0.3, -0.25) is 0 Å². The van der Waals surface area contributed by atoms with Crippen LogP contribution in [0, 0.1) is 0 Å². The van der Waals surface area contributed by atoms with Crippen molar-refractivity contribution in [3.8, 4) is 0 Å². The summed E-state index contributed by atoms with van der Waals surface area (Å²) >= 11 is 0. The van der Waals surface area contributed by atoms with Crippen molar-refractivity contribution < 1.29 is 1.37 Å². The highest BCUT2D eigenvalue weighted by Gasteiger charge is 2.09. The Kier molecular flexibility index (Phi) is 1.63. The van der Waals surface area contributed by atoms with Crippen LogP contribution < -0.4 is 0 Å². The molecule has 0 bridgehead atoms. The highest BCUT2D eigenvalue weighted by Crippen LogP contribution is 2.38. The van der Waals surface area contributed by atoms with E-state index in [-0.39, 0.29) is 0 Å². The van der Waals surface area contributed by atoms with Crippen LogP contribution in [0.25, 0.3) is 43.1 Å². The molecule has 0 N–H and O–H groups in total. The summed E-state index contributed by atoms with van der Waals surface area (Å²) in [5, 5.41) is 9.87. The smallest absolute Gasteiger partial charge is 0.0616 e. The monoisotopic (exact) mass is 253 g/mol. The van der Waals surface area contributed by atoms with E-state index in [1.807, 2.05) is 6.07 Å². The Morgan fingerprint density at radius 3 is 2.35 bits per heavy atom. The van der Waals surface area contributed by atoms with E-state index in [4.69, 9.17) is 1.37 Å². The third kappa shape index (κ3) is 1.16. The van der Waals surface area contributed by atoms with E-state index in [1.165, 1.54) is 37.7 Å². The second-order valence-corrected chi connectivity index (χ2v) is 5.36. The molecule has 0 spiro atoms. The zero-order valence-corrected chi connectivity index (χ0v) is 10.9. The molecule has 0 aliphatic heterocycles. The van der Waals surface area contributed by atoms with E-state index < -0.39 is 0 Å². The molecule has 0 amide bonds. The Hall–Kier alpha value is -2.60. The normalized spacial score (nSPS) is 12.7. The van der Waals surface area contributed by atoms with Crippen molar-refractivity contribution in [2.45, 2.75) is 0 Å². The van der Waals surface area contributed by atoms with Crippen LogP contribution in [0.15, 0.2) is 72.8 Å². The van der Waals surface area contributed by atoms with Gasteiger partial charge in [-0.15, -0.1) is 0 Å². The predicted octanol–water partition coefficient (Wildman–Crippen LogP) is 5.74. The second kappa shape index (κ2) is 3.49. The van der Waals surface area contributed by atoms with E-state index in [2.05, 4.69) is 60.7 Å². The first-order valence-electron chi connectivity index (χ1n) is 7.39. The van der Waals surface area contributed by atoms with Crippen molar-refractivity contribution in [1.29, 1.82) is 0 Å². The standard InChI is InChI=1S/C20H12/c1-2-7-17-15(4-1)12-16-9-8-13-5-3-6-14-10-11-18(17)20(16)19(13)14/h1-12H/i6D. The van der Waals surface area contributed by atoms with Crippen molar-refractivity contribution in [1.82, 2.24) is 0 Å². The summed E-state index contributed by atoms with van der Waals surface area (Å²) in [5.74, 6) is 0. The number of fused-ring (bicyclic) bond motifs is 2. The molecule has 0 fully saturated rings. The van der Waals surface area contributed by atoms with Gasteiger partial charge >= 0.3 is 0 Å². The van der Waals surface area contributed by atoms with Crippen LogP contribution in [-0.4, -0.2) is 0 Å². The van der Waals surface area contributed by atoms with Crippen LogP contribution in [0.5, 0.6) is 0 Å². The number of rotatable bonds is 0. The Balaban J connectivity index is 2.21. The topological polar surface area (TPSA) is 0 Å². The first-order valence-corrected chi connectivity index (χ1v) is 6.89.